The predicted molar refractivity (Wildman–Crippen MR) is 86.8 cm³/mol. The number of amides is 2. The summed E-state index contributed by atoms with van der Waals surface area (Å²) in [5.41, 5.74) is 2.82. The van der Waals surface area contributed by atoms with Crippen molar-refractivity contribution in [3.8, 4) is 0 Å². The molecule has 1 aliphatic heterocycles. The van der Waals surface area contributed by atoms with Crippen LogP contribution in [-0.4, -0.2) is 53.8 Å². The summed E-state index contributed by atoms with van der Waals surface area (Å²) in [6.07, 6.45) is 4.58. The molecule has 1 saturated heterocycles. The quantitative estimate of drug-likeness (QED) is 0.905. The molecule has 2 aliphatic carbocycles. The van der Waals surface area contributed by atoms with Crippen LogP contribution < -0.4 is 5.32 Å². The lowest BCUT2D eigenvalue weighted by Gasteiger charge is -2.33. The maximum atomic E-state index is 12.7. The summed E-state index contributed by atoms with van der Waals surface area (Å²) < 4.78 is 0. The number of nitrogens with zero attached hydrogens (tertiary/aromatic N) is 2. The number of fused-ring (bicyclic) bond motifs is 1. The molecule has 4 rings (SSSR count). The number of hydrogen-bond acceptors (Lipinski definition) is 3. The van der Waals surface area contributed by atoms with Gasteiger partial charge in [-0.15, -0.1) is 0 Å². The van der Waals surface area contributed by atoms with E-state index in [1.165, 1.54) is 24.0 Å². The van der Waals surface area contributed by atoms with Gasteiger partial charge in [-0.1, -0.05) is 24.3 Å². The van der Waals surface area contributed by atoms with Crippen LogP contribution in [0.5, 0.6) is 0 Å². The van der Waals surface area contributed by atoms with Gasteiger partial charge in [-0.05, 0) is 36.8 Å². The van der Waals surface area contributed by atoms with Crippen molar-refractivity contribution in [3.63, 3.8) is 0 Å². The van der Waals surface area contributed by atoms with Crippen LogP contribution in [0.25, 0.3) is 0 Å². The molecule has 5 heteroatoms. The van der Waals surface area contributed by atoms with Gasteiger partial charge in [-0.2, -0.15) is 0 Å². The summed E-state index contributed by atoms with van der Waals surface area (Å²) in [6, 6.07) is 9.51. The molecule has 122 valence electrons. The van der Waals surface area contributed by atoms with E-state index in [2.05, 4.69) is 34.5 Å². The highest BCUT2D eigenvalue weighted by Gasteiger charge is 2.39. The first-order valence-electron chi connectivity index (χ1n) is 8.60. The number of hydrogen-bond donors (Lipinski definition) is 1. The third kappa shape index (κ3) is 2.98. The molecule has 0 bridgehead atoms. The van der Waals surface area contributed by atoms with Crippen LogP contribution in [0.4, 0.5) is 0 Å². The monoisotopic (exact) mass is 313 g/mol. The first-order valence-corrected chi connectivity index (χ1v) is 8.60. The van der Waals surface area contributed by atoms with Crippen LogP contribution in [0.3, 0.4) is 0 Å². The summed E-state index contributed by atoms with van der Waals surface area (Å²) in [5.74, 6) is 0.0462. The lowest BCUT2D eigenvalue weighted by Crippen LogP contribution is -2.52. The summed E-state index contributed by atoms with van der Waals surface area (Å²) >= 11 is 0. The Morgan fingerprint density at radius 2 is 2.09 bits per heavy atom. The minimum atomic E-state index is -0.0474. The van der Waals surface area contributed by atoms with Crippen molar-refractivity contribution in [2.45, 2.75) is 37.8 Å². The highest BCUT2D eigenvalue weighted by Crippen LogP contribution is 2.41. The van der Waals surface area contributed by atoms with E-state index in [-0.39, 0.29) is 18.4 Å². The Labute approximate surface area is 136 Å². The van der Waals surface area contributed by atoms with Crippen LogP contribution >= 0.6 is 0 Å². The van der Waals surface area contributed by atoms with E-state index in [0.29, 0.717) is 31.7 Å². The number of piperazine rings is 1. The van der Waals surface area contributed by atoms with Gasteiger partial charge in [0, 0.05) is 25.2 Å². The molecule has 0 spiro atoms. The van der Waals surface area contributed by atoms with E-state index in [1.54, 1.807) is 4.90 Å². The number of rotatable bonds is 4. The van der Waals surface area contributed by atoms with Crippen molar-refractivity contribution in [3.05, 3.63) is 35.4 Å². The fraction of sp³-hybridized carbons (Fsp3) is 0.556. The second-order valence-corrected chi connectivity index (χ2v) is 6.82. The Bertz CT molecular complexity index is 626. The van der Waals surface area contributed by atoms with Crippen LogP contribution in [0, 0.1) is 0 Å². The van der Waals surface area contributed by atoms with E-state index in [4.69, 9.17) is 0 Å². The molecule has 2 fully saturated rings. The van der Waals surface area contributed by atoms with Gasteiger partial charge in [-0.25, -0.2) is 0 Å². The highest BCUT2D eigenvalue weighted by atomic mass is 16.2. The molecule has 5 nitrogen and oxygen atoms in total. The van der Waals surface area contributed by atoms with Crippen molar-refractivity contribution in [2.24, 2.45) is 0 Å². The van der Waals surface area contributed by atoms with E-state index >= 15 is 0 Å². The zero-order valence-electron chi connectivity index (χ0n) is 13.3. The second-order valence-electron chi connectivity index (χ2n) is 6.82. The number of carbonyl (C=O) groups excluding carboxylic acids is 2. The van der Waals surface area contributed by atoms with Crippen molar-refractivity contribution < 1.29 is 9.59 Å². The van der Waals surface area contributed by atoms with Crippen molar-refractivity contribution in [1.29, 1.82) is 0 Å². The second kappa shape index (κ2) is 5.96. The van der Waals surface area contributed by atoms with Crippen LogP contribution in [-0.2, 0) is 16.0 Å². The minimum absolute atomic E-state index is 0.0474. The average Bonchev–Trinajstić information content (AvgIpc) is 3.32. The molecule has 23 heavy (non-hydrogen) atoms. The number of aryl methyl sites for hydroxylation is 1. The third-order valence-corrected chi connectivity index (χ3v) is 5.23. The first kappa shape index (κ1) is 14.7. The van der Waals surface area contributed by atoms with Crippen molar-refractivity contribution >= 4 is 11.8 Å². The Morgan fingerprint density at radius 3 is 2.87 bits per heavy atom. The molecule has 0 radical (unpaired) electrons. The molecule has 1 heterocycles. The van der Waals surface area contributed by atoms with Gasteiger partial charge >= 0.3 is 0 Å². The molecule has 1 N–H and O–H groups in total. The standard InChI is InChI=1S/C18H23N3O2/c22-17-11-20(10-9-19-17)18(23)12-21(14-6-7-14)16-8-5-13-3-1-2-4-15(13)16/h1-4,14,16H,5-12H2,(H,19,22). The molecule has 1 aromatic rings. The molecule has 1 atom stereocenters. The number of nitrogens with one attached hydrogen (secondary N) is 1. The van der Waals surface area contributed by atoms with Gasteiger partial charge in [-0.3, -0.25) is 14.5 Å². The number of benzene rings is 1. The maximum absolute atomic E-state index is 12.7. The molecule has 2 amide bonds. The van der Waals surface area contributed by atoms with E-state index < -0.39 is 0 Å². The lowest BCUT2D eigenvalue weighted by atomic mass is 10.1. The predicted octanol–water partition coefficient (Wildman–Crippen LogP) is 1.10. The topological polar surface area (TPSA) is 52.7 Å². The van der Waals surface area contributed by atoms with Gasteiger partial charge in [0.1, 0.15) is 0 Å². The Balaban J connectivity index is 1.49. The SMILES string of the molecule is O=C1CN(C(=O)CN(C2CC2)C2CCc3ccccc32)CCN1. The smallest absolute Gasteiger partial charge is 0.239 e. The molecule has 3 aliphatic rings. The fourth-order valence-corrected chi connectivity index (χ4v) is 3.89. The normalized spacial score (nSPS) is 23.8. The van der Waals surface area contributed by atoms with Crippen molar-refractivity contribution in [1.82, 2.24) is 15.1 Å². The van der Waals surface area contributed by atoms with Gasteiger partial charge in [0.2, 0.25) is 11.8 Å². The van der Waals surface area contributed by atoms with Gasteiger partial charge in [0.05, 0.1) is 13.1 Å². The summed E-state index contributed by atoms with van der Waals surface area (Å²) in [6.45, 7) is 1.85. The summed E-state index contributed by atoms with van der Waals surface area (Å²) in [7, 11) is 0. The largest absolute Gasteiger partial charge is 0.353 e. The van der Waals surface area contributed by atoms with Gasteiger partial charge in [0.15, 0.2) is 0 Å². The van der Waals surface area contributed by atoms with Crippen LogP contribution in [0.2, 0.25) is 0 Å². The molecule has 1 aromatic carbocycles. The number of carbonyl (C=O) groups is 2. The van der Waals surface area contributed by atoms with Crippen molar-refractivity contribution in [2.75, 3.05) is 26.2 Å². The zero-order valence-corrected chi connectivity index (χ0v) is 13.3. The maximum Gasteiger partial charge on any atom is 0.239 e. The molecule has 1 unspecified atom stereocenters. The summed E-state index contributed by atoms with van der Waals surface area (Å²) in [5, 5.41) is 2.78. The van der Waals surface area contributed by atoms with Gasteiger partial charge in [0.25, 0.3) is 0 Å². The molecular weight excluding hydrogens is 290 g/mol. The van der Waals surface area contributed by atoms with Crippen LogP contribution in [0.15, 0.2) is 24.3 Å². The van der Waals surface area contributed by atoms with Crippen LogP contribution in [0.1, 0.15) is 36.4 Å². The first-order chi connectivity index (χ1) is 11.2. The fourth-order valence-electron chi connectivity index (χ4n) is 3.89. The Hall–Kier alpha value is -1.88. The Morgan fingerprint density at radius 1 is 1.26 bits per heavy atom. The molecular formula is C18H23N3O2. The average molecular weight is 313 g/mol. The lowest BCUT2D eigenvalue weighted by molar-refractivity contribution is -0.139. The third-order valence-electron chi connectivity index (χ3n) is 5.23. The van der Waals surface area contributed by atoms with E-state index in [1.807, 2.05) is 0 Å². The zero-order chi connectivity index (χ0) is 15.8. The summed E-state index contributed by atoms with van der Waals surface area (Å²) in [4.78, 5) is 28.3. The van der Waals surface area contributed by atoms with Gasteiger partial charge < -0.3 is 10.2 Å². The highest BCUT2D eigenvalue weighted by molar-refractivity contribution is 5.86. The van der Waals surface area contributed by atoms with E-state index in [0.717, 1.165) is 12.8 Å². The minimum Gasteiger partial charge on any atom is -0.353 e. The molecule has 1 saturated carbocycles. The van der Waals surface area contributed by atoms with E-state index in [9.17, 15) is 9.59 Å². The molecule has 0 aromatic heterocycles. The Kier molecular flexibility index (Phi) is 3.81.